The Morgan fingerprint density at radius 2 is 2.00 bits per heavy atom. The number of halogens is 2. The van der Waals surface area contributed by atoms with Crippen LogP contribution >= 0.6 is 31.9 Å². The molecule has 1 aliphatic heterocycles. The minimum atomic E-state index is 0.163. The summed E-state index contributed by atoms with van der Waals surface area (Å²) in [4.78, 5) is 15.0. The fourth-order valence-electron chi connectivity index (χ4n) is 2.52. The molecule has 2 nitrogen and oxygen atoms in total. The SMILES string of the molecule is Cc1cc(C(=O)N2CCC(C(C)Br)CC2)ccc1Br. The van der Waals surface area contributed by atoms with E-state index < -0.39 is 0 Å². The lowest BCUT2D eigenvalue weighted by Gasteiger charge is -2.33. The van der Waals surface area contributed by atoms with Crippen molar-refractivity contribution in [2.45, 2.75) is 31.5 Å². The molecule has 4 heteroatoms. The summed E-state index contributed by atoms with van der Waals surface area (Å²) < 4.78 is 1.05. The van der Waals surface area contributed by atoms with Crippen LogP contribution in [0.15, 0.2) is 22.7 Å². The third-order valence-corrected chi connectivity index (χ3v) is 5.52. The number of rotatable bonds is 2. The van der Waals surface area contributed by atoms with Gasteiger partial charge in [0.2, 0.25) is 0 Å². The van der Waals surface area contributed by atoms with Crippen molar-refractivity contribution in [3.63, 3.8) is 0 Å². The van der Waals surface area contributed by atoms with Crippen molar-refractivity contribution in [2.75, 3.05) is 13.1 Å². The summed E-state index contributed by atoms with van der Waals surface area (Å²) in [5.74, 6) is 0.854. The Morgan fingerprint density at radius 3 is 2.53 bits per heavy atom. The van der Waals surface area contributed by atoms with Gasteiger partial charge in [-0.2, -0.15) is 0 Å². The van der Waals surface area contributed by atoms with Gasteiger partial charge < -0.3 is 4.90 Å². The van der Waals surface area contributed by atoms with Crippen molar-refractivity contribution >= 4 is 37.8 Å². The summed E-state index contributed by atoms with van der Waals surface area (Å²) in [5.41, 5.74) is 1.90. The van der Waals surface area contributed by atoms with Gasteiger partial charge in [0, 0.05) is 28.0 Å². The first-order valence-corrected chi connectivity index (χ1v) is 8.39. The van der Waals surface area contributed by atoms with E-state index in [1.54, 1.807) is 0 Å². The molecule has 1 heterocycles. The molecule has 1 aromatic rings. The normalized spacial score (nSPS) is 18.4. The van der Waals surface area contributed by atoms with Crippen molar-refractivity contribution in [2.24, 2.45) is 5.92 Å². The number of alkyl halides is 1. The van der Waals surface area contributed by atoms with E-state index in [1.807, 2.05) is 30.0 Å². The van der Waals surface area contributed by atoms with E-state index in [0.29, 0.717) is 10.7 Å². The van der Waals surface area contributed by atoms with E-state index in [9.17, 15) is 4.79 Å². The molecule has 1 amide bonds. The molecule has 0 aromatic heterocycles. The predicted octanol–water partition coefficient (Wildman–Crippen LogP) is 4.39. The average Bonchev–Trinajstić information content (AvgIpc) is 2.41. The van der Waals surface area contributed by atoms with E-state index in [-0.39, 0.29) is 5.91 Å². The highest BCUT2D eigenvalue weighted by Crippen LogP contribution is 2.26. The van der Waals surface area contributed by atoms with Crippen molar-refractivity contribution < 1.29 is 4.79 Å². The first-order chi connectivity index (χ1) is 8.99. The lowest BCUT2D eigenvalue weighted by Crippen LogP contribution is -2.39. The molecule has 0 N–H and O–H groups in total. The number of benzene rings is 1. The van der Waals surface area contributed by atoms with Crippen LogP contribution in [0.1, 0.15) is 35.7 Å². The van der Waals surface area contributed by atoms with Gasteiger partial charge in [0.15, 0.2) is 0 Å². The molecule has 1 saturated heterocycles. The number of likely N-dealkylation sites (tertiary alicyclic amines) is 1. The minimum absolute atomic E-state index is 0.163. The summed E-state index contributed by atoms with van der Waals surface area (Å²) in [6.45, 7) is 5.95. The molecule has 104 valence electrons. The summed E-state index contributed by atoms with van der Waals surface area (Å²) in [6.07, 6.45) is 2.18. The molecule has 0 aliphatic carbocycles. The van der Waals surface area contributed by atoms with Gasteiger partial charge >= 0.3 is 0 Å². The smallest absolute Gasteiger partial charge is 0.253 e. The topological polar surface area (TPSA) is 20.3 Å². The first-order valence-electron chi connectivity index (χ1n) is 6.68. The van der Waals surface area contributed by atoms with Crippen LogP contribution in [0.3, 0.4) is 0 Å². The molecule has 1 aromatic carbocycles. The predicted molar refractivity (Wildman–Crippen MR) is 85.9 cm³/mol. The fraction of sp³-hybridized carbons (Fsp3) is 0.533. The molecule has 0 saturated carbocycles. The maximum absolute atomic E-state index is 12.4. The lowest BCUT2D eigenvalue weighted by atomic mass is 9.94. The second-order valence-electron chi connectivity index (χ2n) is 5.27. The Labute approximate surface area is 131 Å². The van der Waals surface area contributed by atoms with Gasteiger partial charge in [0.1, 0.15) is 0 Å². The largest absolute Gasteiger partial charge is 0.339 e. The summed E-state index contributed by atoms with van der Waals surface area (Å²) in [7, 11) is 0. The Hall–Kier alpha value is -0.350. The van der Waals surface area contributed by atoms with Crippen molar-refractivity contribution in [3.8, 4) is 0 Å². The van der Waals surface area contributed by atoms with Gasteiger partial charge in [0.05, 0.1) is 0 Å². The van der Waals surface area contributed by atoms with Crippen LogP contribution < -0.4 is 0 Å². The zero-order chi connectivity index (χ0) is 14.0. The number of aryl methyl sites for hydroxylation is 1. The lowest BCUT2D eigenvalue weighted by molar-refractivity contribution is 0.0691. The molecule has 19 heavy (non-hydrogen) atoms. The zero-order valence-corrected chi connectivity index (χ0v) is 14.5. The highest BCUT2D eigenvalue weighted by molar-refractivity contribution is 9.10. The number of piperidine rings is 1. The summed E-state index contributed by atoms with van der Waals surface area (Å²) >= 11 is 7.11. The van der Waals surface area contributed by atoms with Crippen molar-refractivity contribution in [1.29, 1.82) is 0 Å². The molecular formula is C15H19Br2NO. The van der Waals surface area contributed by atoms with E-state index >= 15 is 0 Å². The molecule has 1 unspecified atom stereocenters. The molecule has 1 fully saturated rings. The fourth-order valence-corrected chi connectivity index (χ4v) is 3.30. The van der Waals surface area contributed by atoms with Crippen LogP contribution in [-0.4, -0.2) is 28.7 Å². The monoisotopic (exact) mass is 387 g/mol. The van der Waals surface area contributed by atoms with Gasteiger partial charge in [-0.05, 0) is 49.4 Å². The molecule has 0 spiro atoms. The number of nitrogens with zero attached hydrogens (tertiary/aromatic N) is 1. The number of carbonyl (C=O) groups excluding carboxylic acids is 1. The Bertz CT molecular complexity index is 465. The number of hydrogen-bond acceptors (Lipinski definition) is 1. The maximum atomic E-state index is 12.4. The quantitative estimate of drug-likeness (QED) is 0.688. The highest BCUT2D eigenvalue weighted by Gasteiger charge is 2.25. The van der Waals surface area contributed by atoms with Gasteiger partial charge in [-0.3, -0.25) is 4.79 Å². The molecular weight excluding hydrogens is 370 g/mol. The molecule has 0 bridgehead atoms. The van der Waals surface area contributed by atoms with E-state index in [4.69, 9.17) is 0 Å². The summed E-state index contributed by atoms with van der Waals surface area (Å²) in [6, 6.07) is 5.82. The first kappa shape index (κ1) is 15.0. The minimum Gasteiger partial charge on any atom is -0.339 e. The molecule has 2 rings (SSSR count). The van der Waals surface area contributed by atoms with E-state index in [2.05, 4.69) is 38.8 Å². The van der Waals surface area contributed by atoms with Crippen LogP contribution in [0.2, 0.25) is 0 Å². The summed E-state index contributed by atoms with van der Waals surface area (Å²) in [5, 5.41) is 0. The Morgan fingerprint density at radius 1 is 1.37 bits per heavy atom. The van der Waals surface area contributed by atoms with Gasteiger partial charge in [-0.1, -0.05) is 38.8 Å². The zero-order valence-electron chi connectivity index (χ0n) is 11.3. The standard InChI is InChI=1S/C15H19Br2NO/c1-10-9-13(3-4-14(10)17)15(19)18-7-5-12(6-8-18)11(2)16/h3-4,9,11-12H,5-8H2,1-2H3. The average molecular weight is 389 g/mol. The second kappa shape index (κ2) is 6.40. The van der Waals surface area contributed by atoms with Crippen LogP contribution in [-0.2, 0) is 0 Å². The van der Waals surface area contributed by atoms with Crippen LogP contribution in [0.5, 0.6) is 0 Å². The van der Waals surface area contributed by atoms with E-state index in [1.165, 1.54) is 0 Å². The van der Waals surface area contributed by atoms with Crippen LogP contribution in [0.4, 0.5) is 0 Å². The number of carbonyl (C=O) groups is 1. The highest BCUT2D eigenvalue weighted by atomic mass is 79.9. The van der Waals surface area contributed by atoms with Crippen molar-refractivity contribution in [3.05, 3.63) is 33.8 Å². The maximum Gasteiger partial charge on any atom is 0.253 e. The third kappa shape index (κ3) is 3.60. The Balaban J connectivity index is 2.03. The van der Waals surface area contributed by atoms with Crippen LogP contribution in [0.25, 0.3) is 0 Å². The van der Waals surface area contributed by atoms with Gasteiger partial charge in [0.25, 0.3) is 5.91 Å². The Kier molecular flexibility index (Phi) is 5.07. The van der Waals surface area contributed by atoms with Gasteiger partial charge in [-0.25, -0.2) is 0 Å². The number of amides is 1. The van der Waals surface area contributed by atoms with E-state index in [0.717, 1.165) is 41.5 Å². The third-order valence-electron chi connectivity index (χ3n) is 3.88. The molecule has 0 radical (unpaired) electrons. The molecule has 1 aliphatic rings. The van der Waals surface area contributed by atoms with Crippen LogP contribution in [0, 0.1) is 12.8 Å². The van der Waals surface area contributed by atoms with Crippen molar-refractivity contribution in [1.82, 2.24) is 4.90 Å². The second-order valence-corrected chi connectivity index (χ2v) is 7.57. The van der Waals surface area contributed by atoms with Gasteiger partial charge in [-0.15, -0.1) is 0 Å². The molecule has 1 atom stereocenters. The number of hydrogen-bond donors (Lipinski definition) is 0.